The van der Waals surface area contributed by atoms with Crippen molar-refractivity contribution in [3.8, 4) is 0 Å². The van der Waals surface area contributed by atoms with E-state index in [9.17, 15) is 38.7 Å². The van der Waals surface area contributed by atoms with Crippen molar-refractivity contribution >= 4 is 52.3 Å². The molecule has 3 aromatic rings. The normalized spacial score (nSPS) is 14.6. The Morgan fingerprint density at radius 1 is 0.700 bits per heavy atom. The fourth-order valence-corrected chi connectivity index (χ4v) is 4.82. The molecular weight excluding hydrogens is 652 g/mol. The van der Waals surface area contributed by atoms with Crippen LogP contribution in [-0.4, -0.2) is 99.5 Å². The number of aromatic amines is 1. The first-order valence-electron chi connectivity index (χ1n) is 15.7. The molecule has 6 amide bonds. The molecule has 17 nitrogen and oxygen atoms in total. The van der Waals surface area contributed by atoms with Crippen molar-refractivity contribution in [3.63, 3.8) is 0 Å². The molecule has 0 bridgehead atoms. The Morgan fingerprint density at radius 3 is 1.86 bits per heavy atom. The number of carbonyl (C=O) groups excluding carboxylic acids is 6. The monoisotopic (exact) mass is 694 g/mol. The van der Waals surface area contributed by atoms with Gasteiger partial charge in [0.25, 0.3) is 0 Å². The summed E-state index contributed by atoms with van der Waals surface area (Å²) < 4.78 is 0. The van der Waals surface area contributed by atoms with E-state index >= 15 is 0 Å². The predicted molar refractivity (Wildman–Crippen MR) is 180 cm³/mol. The molecule has 0 aliphatic heterocycles. The highest BCUT2D eigenvalue weighted by Gasteiger charge is 2.31. The molecule has 0 saturated carbocycles. The van der Waals surface area contributed by atoms with Gasteiger partial charge < -0.3 is 53.2 Å². The highest BCUT2D eigenvalue weighted by Crippen LogP contribution is 2.16. The molecule has 1 heterocycles. The molecule has 50 heavy (non-hydrogen) atoms. The number of carbonyl (C=O) groups is 7. The fourth-order valence-electron chi connectivity index (χ4n) is 4.82. The maximum atomic E-state index is 13.3. The first-order chi connectivity index (χ1) is 23.7. The van der Waals surface area contributed by atoms with E-state index in [1.54, 1.807) is 36.4 Å². The third-order valence-corrected chi connectivity index (χ3v) is 7.64. The van der Waals surface area contributed by atoms with Crippen LogP contribution >= 0.6 is 0 Å². The van der Waals surface area contributed by atoms with E-state index in [1.165, 1.54) is 13.8 Å². The first-order valence-corrected chi connectivity index (χ1v) is 15.7. The number of hydrogen-bond acceptors (Lipinski definition) is 9. The van der Waals surface area contributed by atoms with Gasteiger partial charge in [-0.05, 0) is 36.9 Å². The zero-order valence-corrected chi connectivity index (χ0v) is 27.5. The lowest BCUT2D eigenvalue weighted by atomic mass is 10.0. The molecule has 0 fully saturated rings. The van der Waals surface area contributed by atoms with E-state index in [-0.39, 0.29) is 12.8 Å². The number of carboxylic acid groups (broad SMARTS) is 1. The third kappa shape index (κ3) is 11.4. The number of nitrogens with two attached hydrogens (primary N) is 2. The van der Waals surface area contributed by atoms with Crippen LogP contribution in [0.5, 0.6) is 0 Å². The van der Waals surface area contributed by atoms with E-state index in [4.69, 9.17) is 16.6 Å². The second kappa shape index (κ2) is 18.1. The van der Waals surface area contributed by atoms with Gasteiger partial charge in [-0.1, -0.05) is 48.5 Å². The molecule has 1 aromatic heterocycles. The number of rotatable bonds is 18. The number of H-pyrrole nitrogens is 1. The average molecular weight is 695 g/mol. The van der Waals surface area contributed by atoms with Gasteiger partial charge in [-0.15, -0.1) is 0 Å². The predicted octanol–water partition coefficient (Wildman–Crippen LogP) is -2.30. The van der Waals surface area contributed by atoms with Gasteiger partial charge in [0.15, 0.2) is 0 Å². The van der Waals surface area contributed by atoms with Crippen LogP contribution < -0.4 is 38.1 Å². The summed E-state index contributed by atoms with van der Waals surface area (Å²) in [7, 11) is 0. The largest absolute Gasteiger partial charge is 0.481 e. The van der Waals surface area contributed by atoms with Gasteiger partial charge in [-0.3, -0.25) is 33.6 Å². The number of aliphatic hydroxyl groups is 1. The highest BCUT2D eigenvalue weighted by atomic mass is 16.4. The number of benzene rings is 2. The molecule has 0 aliphatic rings. The van der Waals surface area contributed by atoms with Crippen LogP contribution in [0.4, 0.5) is 0 Å². The maximum absolute atomic E-state index is 13.3. The molecule has 0 spiro atoms. The number of aliphatic carboxylic acids is 1. The fraction of sp³-hybridized carbons (Fsp3) is 0.364. The minimum atomic E-state index is -1.58. The zero-order valence-electron chi connectivity index (χ0n) is 27.5. The quantitative estimate of drug-likeness (QED) is 0.0679. The van der Waals surface area contributed by atoms with Crippen LogP contribution in [-0.2, 0) is 46.4 Å². The van der Waals surface area contributed by atoms with Crippen molar-refractivity contribution in [2.75, 3.05) is 6.61 Å². The van der Waals surface area contributed by atoms with Crippen molar-refractivity contribution in [2.45, 2.75) is 69.4 Å². The zero-order chi connectivity index (χ0) is 37.0. The summed E-state index contributed by atoms with van der Waals surface area (Å²) in [5.74, 6) is -6.40. The summed E-state index contributed by atoms with van der Waals surface area (Å²) in [6, 6.07) is 9.76. The van der Waals surface area contributed by atoms with Gasteiger partial charge in [0.1, 0.15) is 30.2 Å². The Hall–Kier alpha value is -5.81. The Labute approximate surface area is 286 Å². The van der Waals surface area contributed by atoms with Crippen LogP contribution in [0.25, 0.3) is 10.9 Å². The van der Waals surface area contributed by atoms with E-state index in [0.717, 1.165) is 10.9 Å². The van der Waals surface area contributed by atoms with Gasteiger partial charge in [-0.25, -0.2) is 0 Å². The van der Waals surface area contributed by atoms with Gasteiger partial charge in [0.05, 0.1) is 19.1 Å². The Balaban J connectivity index is 1.70. The summed E-state index contributed by atoms with van der Waals surface area (Å²) >= 11 is 0. The Bertz CT molecular complexity index is 1660. The van der Waals surface area contributed by atoms with E-state index in [2.05, 4.69) is 31.6 Å². The standard InChI is InChI=1S/C33H42N8O9/c1-17(28(35)45)36-31(48)25(14-21-13-20-10-6-7-11-23(20)38-21)39-29(46)18(2)37-33(50)26(16-42)41-32(49)24(12-19-8-4-3-5-9-19)40-30(47)22(34)15-27(43)44/h3-11,13,17-18,22,24-26,38,42H,12,14-16,34H2,1-2H3,(H2,35,45)(H,36,48)(H,37,50)(H,39,46)(H,40,47)(H,41,49)(H,43,44). The molecular formula is C33H42N8O9. The Morgan fingerprint density at radius 2 is 1.24 bits per heavy atom. The SMILES string of the molecule is CC(NC(=O)C(Cc1cc2ccccc2[nH]1)NC(=O)C(C)NC(=O)C(CO)NC(=O)C(Cc1ccccc1)NC(=O)C(N)CC(=O)O)C(N)=O. The summed E-state index contributed by atoms with van der Waals surface area (Å²) in [4.78, 5) is 91.1. The highest BCUT2D eigenvalue weighted by molar-refractivity contribution is 5.97. The van der Waals surface area contributed by atoms with Gasteiger partial charge >= 0.3 is 5.97 Å². The van der Waals surface area contributed by atoms with Gasteiger partial charge in [0, 0.05) is 24.1 Å². The van der Waals surface area contributed by atoms with Crippen molar-refractivity contribution in [1.29, 1.82) is 0 Å². The van der Waals surface area contributed by atoms with Crippen LogP contribution in [0, 0.1) is 0 Å². The molecule has 0 saturated heterocycles. The number of nitrogens with one attached hydrogen (secondary N) is 6. The number of fused-ring (bicyclic) bond motifs is 1. The molecule has 3 rings (SSSR count). The molecule has 6 atom stereocenters. The molecule has 12 N–H and O–H groups in total. The summed E-state index contributed by atoms with van der Waals surface area (Å²) in [6.45, 7) is 1.80. The number of amides is 6. The minimum absolute atomic E-state index is 0.0155. The number of para-hydroxylation sites is 1. The van der Waals surface area contributed by atoms with E-state index in [1.807, 2.05) is 24.3 Å². The summed E-state index contributed by atoms with van der Waals surface area (Å²) in [6.07, 6.45) is -0.773. The Kier molecular flexibility index (Phi) is 14.0. The van der Waals surface area contributed by atoms with Crippen molar-refractivity contribution in [2.24, 2.45) is 11.5 Å². The van der Waals surface area contributed by atoms with Crippen LogP contribution in [0.3, 0.4) is 0 Å². The lowest BCUT2D eigenvalue weighted by molar-refractivity contribution is -0.140. The number of primary amides is 1. The third-order valence-electron chi connectivity index (χ3n) is 7.64. The van der Waals surface area contributed by atoms with Crippen LogP contribution in [0.1, 0.15) is 31.5 Å². The van der Waals surface area contributed by atoms with Crippen molar-refractivity contribution in [1.82, 2.24) is 31.6 Å². The molecule has 2 aromatic carbocycles. The van der Waals surface area contributed by atoms with Crippen LogP contribution in [0.2, 0.25) is 0 Å². The molecule has 17 heteroatoms. The van der Waals surface area contributed by atoms with Gasteiger partial charge in [-0.2, -0.15) is 0 Å². The minimum Gasteiger partial charge on any atom is -0.481 e. The molecule has 0 radical (unpaired) electrons. The summed E-state index contributed by atoms with van der Waals surface area (Å²) in [5.41, 5.74) is 13.0. The number of aliphatic hydroxyl groups excluding tert-OH is 1. The number of hydrogen-bond donors (Lipinski definition) is 10. The lowest BCUT2D eigenvalue weighted by Crippen LogP contribution is -2.60. The van der Waals surface area contributed by atoms with Crippen molar-refractivity contribution < 1.29 is 43.8 Å². The molecule has 6 unspecified atom stereocenters. The second-order valence-corrected chi connectivity index (χ2v) is 11.7. The number of aromatic nitrogens is 1. The van der Waals surface area contributed by atoms with Crippen molar-refractivity contribution in [3.05, 3.63) is 71.9 Å². The lowest BCUT2D eigenvalue weighted by Gasteiger charge is -2.25. The molecule has 268 valence electrons. The maximum Gasteiger partial charge on any atom is 0.305 e. The summed E-state index contributed by atoms with van der Waals surface area (Å²) in [5, 5.41) is 31.9. The molecule has 0 aliphatic carbocycles. The smallest absolute Gasteiger partial charge is 0.305 e. The van der Waals surface area contributed by atoms with Crippen LogP contribution in [0.15, 0.2) is 60.7 Å². The first kappa shape index (κ1) is 38.6. The topological polar surface area (TPSA) is 288 Å². The van der Waals surface area contributed by atoms with Gasteiger partial charge in [0.2, 0.25) is 35.4 Å². The number of carboxylic acids is 1. The average Bonchev–Trinajstić information content (AvgIpc) is 3.48. The van der Waals surface area contributed by atoms with E-state index in [0.29, 0.717) is 11.3 Å². The second-order valence-electron chi connectivity index (χ2n) is 11.7. The van der Waals surface area contributed by atoms with E-state index < -0.39 is 90.7 Å².